The SMILES string of the molecule is COc1cccc(Oc2ccc3cc(N)ccc3n2)c1. The average Bonchev–Trinajstić information content (AvgIpc) is 2.47. The molecule has 0 atom stereocenters. The van der Waals surface area contributed by atoms with E-state index in [9.17, 15) is 0 Å². The molecular weight excluding hydrogens is 252 g/mol. The molecule has 0 aliphatic heterocycles. The van der Waals surface area contributed by atoms with Gasteiger partial charge in [0.25, 0.3) is 0 Å². The molecule has 0 fully saturated rings. The Balaban J connectivity index is 1.92. The van der Waals surface area contributed by atoms with Crippen LogP contribution in [0.1, 0.15) is 0 Å². The highest BCUT2D eigenvalue weighted by Gasteiger charge is 2.02. The summed E-state index contributed by atoms with van der Waals surface area (Å²) in [6, 6.07) is 16.8. The lowest BCUT2D eigenvalue weighted by molar-refractivity contribution is 0.407. The third-order valence-corrected chi connectivity index (χ3v) is 2.95. The molecule has 4 heteroatoms. The van der Waals surface area contributed by atoms with Crippen LogP contribution in [0.25, 0.3) is 10.9 Å². The highest BCUT2D eigenvalue weighted by molar-refractivity contribution is 5.82. The lowest BCUT2D eigenvalue weighted by Crippen LogP contribution is -1.90. The van der Waals surface area contributed by atoms with Gasteiger partial charge in [-0.1, -0.05) is 6.07 Å². The number of rotatable bonds is 3. The molecule has 3 rings (SSSR count). The number of methoxy groups -OCH3 is 1. The number of ether oxygens (including phenoxy) is 2. The number of pyridine rings is 1. The molecule has 0 aliphatic rings. The first-order chi connectivity index (χ1) is 9.74. The van der Waals surface area contributed by atoms with E-state index in [1.54, 1.807) is 7.11 Å². The number of fused-ring (bicyclic) bond motifs is 1. The number of nitrogens with zero attached hydrogens (tertiary/aromatic N) is 1. The number of hydrogen-bond donors (Lipinski definition) is 1. The van der Waals surface area contributed by atoms with Gasteiger partial charge in [-0.25, -0.2) is 4.98 Å². The predicted molar refractivity (Wildman–Crippen MR) is 79.2 cm³/mol. The van der Waals surface area contributed by atoms with Gasteiger partial charge in [0.05, 0.1) is 12.6 Å². The molecule has 0 unspecified atom stereocenters. The second-order valence-corrected chi connectivity index (χ2v) is 4.38. The van der Waals surface area contributed by atoms with Crippen LogP contribution in [0.4, 0.5) is 5.69 Å². The number of hydrogen-bond acceptors (Lipinski definition) is 4. The Morgan fingerprint density at radius 2 is 1.80 bits per heavy atom. The maximum atomic E-state index is 5.74. The summed E-state index contributed by atoms with van der Waals surface area (Å²) in [4.78, 5) is 4.45. The van der Waals surface area contributed by atoms with Gasteiger partial charge in [-0.05, 0) is 36.4 Å². The van der Waals surface area contributed by atoms with E-state index >= 15 is 0 Å². The zero-order valence-corrected chi connectivity index (χ0v) is 11.0. The van der Waals surface area contributed by atoms with Crippen molar-refractivity contribution in [2.75, 3.05) is 12.8 Å². The van der Waals surface area contributed by atoms with E-state index in [4.69, 9.17) is 15.2 Å². The molecule has 100 valence electrons. The maximum Gasteiger partial charge on any atom is 0.219 e. The summed E-state index contributed by atoms with van der Waals surface area (Å²) in [6.07, 6.45) is 0. The Hall–Kier alpha value is -2.75. The minimum absolute atomic E-state index is 0.538. The fraction of sp³-hybridized carbons (Fsp3) is 0.0625. The molecule has 0 saturated carbocycles. The summed E-state index contributed by atoms with van der Waals surface area (Å²) in [5, 5.41) is 0.989. The first-order valence-electron chi connectivity index (χ1n) is 6.23. The lowest BCUT2D eigenvalue weighted by atomic mass is 10.2. The first-order valence-corrected chi connectivity index (χ1v) is 6.23. The molecule has 0 amide bonds. The van der Waals surface area contributed by atoms with E-state index < -0.39 is 0 Å². The van der Waals surface area contributed by atoms with Crippen LogP contribution in [0.15, 0.2) is 54.6 Å². The van der Waals surface area contributed by atoms with Gasteiger partial charge in [0.2, 0.25) is 5.88 Å². The van der Waals surface area contributed by atoms with Crippen LogP contribution < -0.4 is 15.2 Å². The average molecular weight is 266 g/mol. The van der Waals surface area contributed by atoms with Crippen molar-refractivity contribution in [3.05, 3.63) is 54.6 Å². The van der Waals surface area contributed by atoms with E-state index in [1.807, 2.05) is 54.6 Å². The van der Waals surface area contributed by atoms with Crippen molar-refractivity contribution < 1.29 is 9.47 Å². The van der Waals surface area contributed by atoms with Crippen molar-refractivity contribution in [2.24, 2.45) is 0 Å². The van der Waals surface area contributed by atoms with Gasteiger partial charge in [0.15, 0.2) is 0 Å². The van der Waals surface area contributed by atoms with E-state index in [0.717, 1.165) is 22.3 Å². The topological polar surface area (TPSA) is 57.4 Å². The third kappa shape index (κ3) is 2.49. The summed E-state index contributed by atoms with van der Waals surface area (Å²) < 4.78 is 10.9. The monoisotopic (exact) mass is 266 g/mol. The molecule has 1 aromatic heterocycles. The van der Waals surface area contributed by atoms with Crippen molar-refractivity contribution in [2.45, 2.75) is 0 Å². The minimum Gasteiger partial charge on any atom is -0.497 e. The van der Waals surface area contributed by atoms with Crippen molar-refractivity contribution >= 4 is 16.6 Å². The fourth-order valence-corrected chi connectivity index (χ4v) is 1.97. The highest BCUT2D eigenvalue weighted by atomic mass is 16.5. The van der Waals surface area contributed by atoms with Gasteiger partial charge in [0, 0.05) is 23.2 Å². The minimum atomic E-state index is 0.538. The Labute approximate surface area is 116 Å². The summed E-state index contributed by atoms with van der Waals surface area (Å²) in [5.74, 6) is 1.97. The lowest BCUT2D eigenvalue weighted by Gasteiger charge is -2.07. The van der Waals surface area contributed by atoms with Crippen molar-refractivity contribution in [1.29, 1.82) is 0 Å². The van der Waals surface area contributed by atoms with Crippen LogP contribution in [-0.4, -0.2) is 12.1 Å². The summed E-state index contributed by atoms with van der Waals surface area (Å²) in [6.45, 7) is 0. The molecule has 3 aromatic rings. The number of benzene rings is 2. The molecule has 2 N–H and O–H groups in total. The Kier molecular flexibility index (Phi) is 3.13. The summed E-state index contributed by atoms with van der Waals surface area (Å²) in [7, 11) is 1.62. The second-order valence-electron chi connectivity index (χ2n) is 4.38. The highest BCUT2D eigenvalue weighted by Crippen LogP contribution is 2.26. The summed E-state index contributed by atoms with van der Waals surface area (Å²) >= 11 is 0. The molecular formula is C16H14N2O2. The van der Waals surface area contributed by atoms with Gasteiger partial charge in [-0.15, -0.1) is 0 Å². The van der Waals surface area contributed by atoms with E-state index in [0.29, 0.717) is 11.6 Å². The zero-order chi connectivity index (χ0) is 13.9. The molecule has 0 saturated heterocycles. The Morgan fingerprint density at radius 1 is 0.950 bits per heavy atom. The van der Waals surface area contributed by atoms with Crippen LogP contribution in [-0.2, 0) is 0 Å². The molecule has 0 aliphatic carbocycles. The van der Waals surface area contributed by atoms with E-state index in [2.05, 4.69) is 4.98 Å². The first kappa shape index (κ1) is 12.3. The van der Waals surface area contributed by atoms with Crippen LogP contribution in [0.3, 0.4) is 0 Å². The fourth-order valence-electron chi connectivity index (χ4n) is 1.97. The number of nitrogens with two attached hydrogens (primary N) is 1. The van der Waals surface area contributed by atoms with Gasteiger partial charge < -0.3 is 15.2 Å². The van der Waals surface area contributed by atoms with E-state index in [1.165, 1.54) is 0 Å². The smallest absolute Gasteiger partial charge is 0.219 e. The van der Waals surface area contributed by atoms with E-state index in [-0.39, 0.29) is 0 Å². The second kappa shape index (κ2) is 5.09. The van der Waals surface area contributed by atoms with Crippen LogP contribution >= 0.6 is 0 Å². The quantitative estimate of drug-likeness (QED) is 0.736. The normalized spacial score (nSPS) is 10.4. The molecule has 0 spiro atoms. The largest absolute Gasteiger partial charge is 0.497 e. The van der Waals surface area contributed by atoms with Gasteiger partial charge in [-0.3, -0.25) is 0 Å². The number of aromatic nitrogens is 1. The summed E-state index contributed by atoms with van der Waals surface area (Å²) in [5.41, 5.74) is 7.31. The van der Waals surface area contributed by atoms with Crippen LogP contribution in [0.5, 0.6) is 17.4 Å². The predicted octanol–water partition coefficient (Wildman–Crippen LogP) is 3.62. The number of anilines is 1. The molecule has 4 nitrogen and oxygen atoms in total. The van der Waals surface area contributed by atoms with Crippen molar-refractivity contribution in [3.8, 4) is 17.4 Å². The standard InChI is InChI=1S/C16H14N2O2/c1-19-13-3-2-4-14(10-13)20-16-8-5-11-9-12(17)6-7-15(11)18-16/h2-10H,17H2,1H3. The third-order valence-electron chi connectivity index (χ3n) is 2.95. The molecule has 20 heavy (non-hydrogen) atoms. The molecule has 0 radical (unpaired) electrons. The van der Waals surface area contributed by atoms with Crippen molar-refractivity contribution in [1.82, 2.24) is 4.98 Å². The van der Waals surface area contributed by atoms with Gasteiger partial charge in [-0.2, -0.15) is 0 Å². The molecule has 2 aromatic carbocycles. The van der Waals surface area contributed by atoms with Gasteiger partial charge in [0.1, 0.15) is 11.5 Å². The molecule has 1 heterocycles. The zero-order valence-electron chi connectivity index (χ0n) is 11.0. The number of nitrogen functional groups attached to an aromatic ring is 1. The van der Waals surface area contributed by atoms with Gasteiger partial charge >= 0.3 is 0 Å². The Morgan fingerprint density at radius 3 is 2.65 bits per heavy atom. The maximum absolute atomic E-state index is 5.74. The molecule has 0 bridgehead atoms. The Bertz CT molecular complexity index is 756. The van der Waals surface area contributed by atoms with Crippen LogP contribution in [0.2, 0.25) is 0 Å². The van der Waals surface area contributed by atoms with Crippen LogP contribution in [0, 0.1) is 0 Å². The van der Waals surface area contributed by atoms with Crippen molar-refractivity contribution in [3.63, 3.8) is 0 Å².